The van der Waals surface area contributed by atoms with Gasteiger partial charge in [0.25, 0.3) is 0 Å². The Hall–Kier alpha value is -0.691. The van der Waals surface area contributed by atoms with Crippen LogP contribution in [0.2, 0.25) is 19.8 Å². The Balaban J connectivity index is 2.22. The molecule has 0 radical (unpaired) electrons. The predicted octanol–water partition coefficient (Wildman–Crippen LogP) is 4.11. The van der Waals surface area contributed by atoms with Crippen molar-refractivity contribution >= 4 is 45.6 Å². The summed E-state index contributed by atoms with van der Waals surface area (Å²) in [5, 5.41) is 0.742. The zero-order chi connectivity index (χ0) is 19.9. The summed E-state index contributed by atoms with van der Waals surface area (Å²) < 4.78 is 6.76. The van der Waals surface area contributed by atoms with E-state index in [9.17, 15) is 4.79 Å². The fourth-order valence-corrected chi connectivity index (χ4v) is 6.64. The van der Waals surface area contributed by atoms with E-state index in [-0.39, 0.29) is 18.2 Å². The first kappa shape index (κ1) is 21.6. The molecule has 1 aliphatic heterocycles. The quantitative estimate of drug-likeness (QED) is 0.588. The van der Waals surface area contributed by atoms with E-state index in [0.29, 0.717) is 0 Å². The number of halogens is 1. The van der Waals surface area contributed by atoms with Gasteiger partial charge in [-0.05, 0) is 0 Å². The van der Waals surface area contributed by atoms with Crippen molar-refractivity contribution in [2.24, 2.45) is 0 Å². The molecular weight excluding hydrogens is 456 g/mol. The van der Waals surface area contributed by atoms with Crippen molar-refractivity contribution < 1.29 is 9.53 Å². The number of piperazine rings is 1. The number of ether oxygens (including phenoxy) is 1. The predicted molar refractivity (Wildman–Crippen MR) is 111 cm³/mol. The fourth-order valence-electron chi connectivity index (χ4n) is 3.21. The molecule has 0 spiro atoms. The molecule has 1 saturated heterocycles. The number of hydrogen-bond acceptors (Lipinski definition) is 4. The van der Waals surface area contributed by atoms with Gasteiger partial charge in [-0.15, -0.1) is 0 Å². The second-order valence-electron chi connectivity index (χ2n) is 9.27. The molecular formula is C19H32ClN3O2Sn. The van der Waals surface area contributed by atoms with Gasteiger partial charge in [0.2, 0.25) is 0 Å². The first-order chi connectivity index (χ1) is 11.8. The van der Waals surface area contributed by atoms with Gasteiger partial charge in [-0.2, -0.15) is 0 Å². The van der Waals surface area contributed by atoms with Crippen LogP contribution in [0.25, 0.3) is 0 Å². The molecule has 2 unspecified atom stereocenters. The molecule has 1 fully saturated rings. The molecule has 7 heteroatoms. The molecule has 1 amide bonds. The van der Waals surface area contributed by atoms with Crippen molar-refractivity contribution in [2.75, 3.05) is 18.0 Å². The molecule has 0 aromatic carbocycles. The first-order valence-corrected chi connectivity index (χ1v) is 19.6. The van der Waals surface area contributed by atoms with Crippen molar-refractivity contribution in [1.82, 2.24) is 9.88 Å². The second kappa shape index (κ2) is 7.74. The van der Waals surface area contributed by atoms with E-state index in [0.717, 1.165) is 23.9 Å². The fraction of sp³-hybridized carbons (Fsp3) is 0.684. The summed E-state index contributed by atoms with van der Waals surface area (Å²) in [6.07, 6.45) is -0.247. The summed E-state index contributed by atoms with van der Waals surface area (Å²) in [5.41, 5.74) is -0.489. The standard InChI is InChI=1S/C16H23ClN3O2.3CH3.Sn/c1-11-9-19(14-8-13(17)6-7-18-14)10-12(2)20(11)15(21)22-16(3,4)5;;;;/h6,8,11-12H,9-10H2,1-5H3;3*1H3;. The van der Waals surface area contributed by atoms with E-state index >= 15 is 0 Å². The maximum absolute atomic E-state index is 12.6. The summed E-state index contributed by atoms with van der Waals surface area (Å²) in [5.74, 6) is 0.918. The van der Waals surface area contributed by atoms with Crippen molar-refractivity contribution in [2.45, 2.75) is 67.1 Å². The van der Waals surface area contributed by atoms with Gasteiger partial charge in [-0.3, -0.25) is 0 Å². The van der Waals surface area contributed by atoms with Gasteiger partial charge in [0, 0.05) is 0 Å². The van der Waals surface area contributed by atoms with E-state index in [2.05, 4.69) is 33.6 Å². The molecule has 2 atom stereocenters. The zero-order valence-corrected chi connectivity index (χ0v) is 20.9. The summed E-state index contributed by atoms with van der Waals surface area (Å²) in [6.45, 7) is 11.2. The van der Waals surface area contributed by atoms with E-state index in [1.54, 1.807) is 0 Å². The Bertz CT molecular complexity index is 658. The van der Waals surface area contributed by atoms with Crippen molar-refractivity contribution in [3.05, 3.63) is 17.2 Å². The normalized spacial score (nSPS) is 21.7. The van der Waals surface area contributed by atoms with Gasteiger partial charge in [0.15, 0.2) is 0 Å². The maximum atomic E-state index is 12.6. The van der Waals surface area contributed by atoms with Crippen LogP contribution in [0.15, 0.2) is 12.1 Å². The number of rotatable bonds is 2. The Morgan fingerprint density at radius 2 is 1.73 bits per heavy atom. The number of nitrogens with zero attached hydrogens (tertiary/aromatic N) is 3. The second-order valence-corrected chi connectivity index (χ2v) is 24.0. The molecule has 0 N–H and O–H groups in total. The SMILES string of the molecule is CC1CN(c2cc(Cl)c[c]([Sn]([CH3])([CH3])[CH3])n2)CC(C)N1C(=O)OC(C)(C)C. The van der Waals surface area contributed by atoms with Crippen molar-refractivity contribution in [3.63, 3.8) is 0 Å². The van der Waals surface area contributed by atoms with E-state index in [1.807, 2.05) is 37.8 Å². The average Bonchev–Trinajstić information content (AvgIpc) is 2.42. The number of hydrogen-bond donors (Lipinski definition) is 0. The number of aromatic nitrogens is 1. The molecule has 2 rings (SSSR count). The van der Waals surface area contributed by atoms with E-state index < -0.39 is 24.0 Å². The van der Waals surface area contributed by atoms with Gasteiger partial charge in [0.1, 0.15) is 0 Å². The molecule has 0 saturated carbocycles. The third-order valence-corrected chi connectivity index (χ3v) is 9.73. The average molecular weight is 489 g/mol. The molecule has 26 heavy (non-hydrogen) atoms. The number of carbonyl (C=O) groups is 1. The van der Waals surface area contributed by atoms with E-state index in [1.165, 1.54) is 3.71 Å². The number of carbonyl (C=O) groups excluding carboxylic acids is 1. The molecule has 2 heterocycles. The Labute approximate surface area is 166 Å². The van der Waals surface area contributed by atoms with E-state index in [4.69, 9.17) is 21.3 Å². The van der Waals surface area contributed by atoms with Gasteiger partial charge in [0.05, 0.1) is 0 Å². The third-order valence-electron chi connectivity index (χ3n) is 4.39. The van der Waals surface area contributed by atoms with Gasteiger partial charge >= 0.3 is 167 Å². The van der Waals surface area contributed by atoms with Crippen LogP contribution in [0, 0.1) is 0 Å². The van der Waals surface area contributed by atoms with Crippen LogP contribution in [0.3, 0.4) is 0 Å². The van der Waals surface area contributed by atoms with Crippen LogP contribution in [-0.2, 0) is 4.74 Å². The topological polar surface area (TPSA) is 45.7 Å². The molecule has 1 aromatic heterocycles. The minimum atomic E-state index is -2.32. The summed E-state index contributed by atoms with van der Waals surface area (Å²) >= 11 is 4.06. The van der Waals surface area contributed by atoms with Gasteiger partial charge in [-0.25, -0.2) is 0 Å². The number of pyridine rings is 1. The zero-order valence-electron chi connectivity index (χ0n) is 17.3. The van der Waals surface area contributed by atoms with Crippen LogP contribution >= 0.6 is 11.6 Å². The number of amides is 1. The van der Waals surface area contributed by atoms with Crippen LogP contribution in [0.1, 0.15) is 34.6 Å². The third kappa shape index (κ3) is 5.41. The monoisotopic (exact) mass is 489 g/mol. The first-order valence-electron chi connectivity index (χ1n) is 9.22. The van der Waals surface area contributed by atoms with Crippen LogP contribution < -0.4 is 8.61 Å². The molecule has 1 aliphatic rings. The Morgan fingerprint density at radius 3 is 2.19 bits per heavy atom. The van der Waals surface area contributed by atoms with Crippen molar-refractivity contribution in [1.29, 1.82) is 0 Å². The molecule has 1 aromatic rings. The van der Waals surface area contributed by atoms with Crippen LogP contribution in [0.4, 0.5) is 10.6 Å². The van der Waals surface area contributed by atoms with Crippen LogP contribution in [-0.4, -0.2) is 65.1 Å². The van der Waals surface area contributed by atoms with Crippen LogP contribution in [0.5, 0.6) is 0 Å². The minimum absolute atomic E-state index is 0.0379. The van der Waals surface area contributed by atoms with Gasteiger partial charge < -0.3 is 0 Å². The molecule has 0 bridgehead atoms. The Morgan fingerprint density at radius 1 is 1.19 bits per heavy atom. The van der Waals surface area contributed by atoms with Crippen molar-refractivity contribution in [3.8, 4) is 0 Å². The molecule has 0 aliphatic carbocycles. The summed E-state index contributed by atoms with van der Waals surface area (Å²) in [7, 11) is 0. The Kier molecular flexibility index (Phi) is 6.43. The molecule has 146 valence electrons. The molecule has 5 nitrogen and oxygen atoms in total. The number of anilines is 1. The summed E-state index contributed by atoms with van der Waals surface area (Å²) in [4.78, 5) is 28.6. The van der Waals surface area contributed by atoms with Gasteiger partial charge in [-0.1, -0.05) is 0 Å². The summed E-state index contributed by atoms with van der Waals surface area (Å²) in [6, 6.07) is 4.03.